The van der Waals surface area contributed by atoms with Gasteiger partial charge in [0.1, 0.15) is 5.65 Å². The van der Waals surface area contributed by atoms with E-state index in [4.69, 9.17) is 11.6 Å². The smallest absolute Gasteiger partial charge is 0.225 e. The molecule has 0 saturated carbocycles. The SMILES string of the molecule is CC(C)C(=O)N1CCC[C@H](Nc2nc(-c3c[nH]c4ncc(Cl)cc34)ncc2F)C1. The van der Waals surface area contributed by atoms with Crippen LogP contribution in [0.15, 0.2) is 24.7 Å². The maximum absolute atomic E-state index is 14.4. The van der Waals surface area contributed by atoms with Crippen LogP contribution in [0.4, 0.5) is 10.2 Å². The number of piperidine rings is 1. The third-order valence-corrected chi connectivity index (χ3v) is 5.26. The minimum Gasteiger partial charge on any atom is -0.363 e. The zero-order valence-corrected chi connectivity index (χ0v) is 17.0. The number of hydrogen-bond acceptors (Lipinski definition) is 5. The molecule has 0 bridgehead atoms. The molecule has 7 nitrogen and oxygen atoms in total. The molecule has 1 aliphatic heterocycles. The minimum atomic E-state index is -0.531. The van der Waals surface area contributed by atoms with Crippen LogP contribution < -0.4 is 5.32 Å². The Labute approximate surface area is 172 Å². The van der Waals surface area contributed by atoms with Gasteiger partial charge in [-0.15, -0.1) is 0 Å². The van der Waals surface area contributed by atoms with Crippen molar-refractivity contribution in [2.75, 3.05) is 18.4 Å². The highest BCUT2D eigenvalue weighted by Gasteiger charge is 2.26. The van der Waals surface area contributed by atoms with Gasteiger partial charge in [-0.25, -0.2) is 19.3 Å². The molecule has 1 aliphatic rings. The fourth-order valence-corrected chi connectivity index (χ4v) is 3.77. The number of hydrogen-bond donors (Lipinski definition) is 2. The van der Waals surface area contributed by atoms with Gasteiger partial charge in [0.15, 0.2) is 17.5 Å². The molecular weight excluding hydrogens is 395 g/mol. The molecule has 4 rings (SSSR count). The van der Waals surface area contributed by atoms with Crippen LogP contribution in [0.3, 0.4) is 0 Å². The molecule has 1 fully saturated rings. The number of fused-ring (bicyclic) bond motifs is 1. The van der Waals surface area contributed by atoms with Crippen molar-refractivity contribution in [3.8, 4) is 11.4 Å². The molecule has 1 saturated heterocycles. The Morgan fingerprint density at radius 3 is 3.00 bits per heavy atom. The van der Waals surface area contributed by atoms with Crippen molar-refractivity contribution in [3.63, 3.8) is 0 Å². The van der Waals surface area contributed by atoms with Crippen LogP contribution in [-0.4, -0.2) is 49.9 Å². The molecule has 152 valence electrons. The molecule has 0 aliphatic carbocycles. The lowest BCUT2D eigenvalue weighted by Gasteiger charge is -2.34. The molecule has 0 unspecified atom stereocenters. The van der Waals surface area contributed by atoms with Crippen molar-refractivity contribution in [3.05, 3.63) is 35.5 Å². The number of carbonyl (C=O) groups is 1. The number of nitrogens with one attached hydrogen (secondary N) is 2. The highest BCUT2D eigenvalue weighted by molar-refractivity contribution is 6.31. The molecule has 3 aromatic rings. The zero-order valence-electron chi connectivity index (χ0n) is 16.2. The summed E-state index contributed by atoms with van der Waals surface area (Å²) >= 11 is 6.06. The summed E-state index contributed by atoms with van der Waals surface area (Å²) in [5, 5.41) is 4.42. The van der Waals surface area contributed by atoms with Gasteiger partial charge in [-0.05, 0) is 18.9 Å². The monoisotopic (exact) mass is 416 g/mol. The lowest BCUT2D eigenvalue weighted by Crippen LogP contribution is -2.46. The van der Waals surface area contributed by atoms with Crippen LogP contribution in [0.25, 0.3) is 22.4 Å². The quantitative estimate of drug-likeness (QED) is 0.674. The number of likely N-dealkylation sites (tertiary alicyclic amines) is 1. The number of amides is 1. The fraction of sp³-hybridized carbons (Fsp3) is 0.400. The molecule has 3 aromatic heterocycles. The maximum atomic E-state index is 14.4. The molecule has 0 spiro atoms. The first-order valence-electron chi connectivity index (χ1n) is 9.63. The Morgan fingerprint density at radius 2 is 2.21 bits per heavy atom. The predicted molar refractivity (Wildman–Crippen MR) is 110 cm³/mol. The number of H-pyrrole nitrogens is 1. The number of pyridine rings is 1. The molecule has 9 heteroatoms. The number of anilines is 1. The number of aromatic nitrogens is 4. The summed E-state index contributed by atoms with van der Waals surface area (Å²) in [5.74, 6) is 0.0253. The van der Waals surface area contributed by atoms with Crippen LogP contribution in [0.5, 0.6) is 0 Å². The van der Waals surface area contributed by atoms with E-state index in [0.29, 0.717) is 28.6 Å². The normalized spacial score (nSPS) is 17.1. The molecule has 29 heavy (non-hydrogen) atoms. The Kier molecular flexibility index (Phi) is 5.36. The number of nitrogens with zero attached hydrogens (tertiary/aromatic N) is 4. The topological polar surface area (TPSA) is 86.8 Å². The lowest BCUT2D eigenvalue weighted by atomic mass is 10.0. The van der Waals surface area contributed by atoms with Gasteiger partial charge in [-0.3, -0.25) is 4.79 Å². The van der Waals surface area contributed by atoms with Crippen LogP contribution in [0, 0.1) is 11.7 Å². The largest absolute Gasteiger partial charge is 0.363 e. The Hall–Kier alpha value is -2.74. The summed E-state index contributed by atoms with van der Waals surface area (Å²) in [6.07, 6.45) is 6.14. The van der Waals surface area contributed by atoms with E-state index in [-0.39, 0.29) is 23.7 Å². The first kappa shape index (κ1) is 19.6. The average molecular weight is 417 g/mol. The van der Waals surface area contributed by atoms with E-state index >= 15 is 0 Å². The summed E-state index contributed by atoms with van der Waals surface area (Å²) in [6, 6.07) is 1.70. The second-order valence-electron chi connectivity index (χ2n) is 7.56. The summed E-state index contributed by atoms with van der Waals surface area (Å²) in [5.41, 5.74) is 1.35. The number of aromatic amines is 1. The van der Waals surface area contributed by atoms with Crippen LogP contribution in [0.2, 0.25) is 5.02 Å². The summed E-state index contributed by atoms with van der Waals surface area (Å²) in [7, 11) is 0. The fourth-order valence-electron chi connectivity index (χ4n) is 3.61. The second kappa shape index (κ2) is 7.94. The van der Waals surface area contributed by atoms with Gasteiger partial charge < -0.3 is 15.2 Å². The van der Waals surface area contributed by atoms with Gasteiger partial charge in [0, 0.05) is 48.4 Å². The predicted octanol–water partition coefficient (Wildman–Crippen LogP) is 3.87. The van der Waals surface area contributed by atoms with E-state index < -0.39 is 5.82 Å². The van der Waals surface area contributed by atoms with Crippen molar-refractivity contribution in [2.24, 2.45) is 5.92 Å². The van der Waals surface area contributed by atoms with E-state index in [1.807, 2.05) is 18.7 Å². The lowest BCUT2D eigenvalue weighted by molar-refractivity contribution is -0.135. The van der Waals surface area contributed by atoms with E-state index in [9.17, 15) is 9.18 Å². The van der Waals surface area contributed by atoms with Gasteiger partial charge in [-0.1, -0.05) is 25.4 Å². The van der Waals surface area contributed by atoms with Gasteiger partial charge >= 0.3 is 0 Å². The van der Waals surface area contributed by atoms with Gasteiger partial charge in [0.25, 0.3) is 0 Å². The van der Waals surface area contributed by atoms with Crippen LogP contribution in [-0.2, 0) is 4.79 Å². The molecule has 4 heterocycles. The standard InChI is InChI=1S/C20H22ClFN6O/c1-11(2)20(29)28-5-3-4-13(10-28)26-19-16(22)9-25-18(27-19)15-8-24-17-14(15)6-12(21)7-23-17/h6-9,11,13H,3-5,10H2,1-2H3,(H,23,24)(H,25,26,27)/t13-/m0/s1. The maximum Gasteiger partial charge on any atom is 0.225 e. The highest BCUT2D eigenvalue weighted by atomic mass is 35.5. The molecule has 1 amide bonds. The Morgan fingerprint density at radius 1 is 1.38 bits per heavy atom. The van der Waals surface area contributed by atoms with Crippen LogP contribution >= 0.6 is 11.6 Å². The first-order valence-corrected chi connectivity index (χ1v) is 10.0. The Balaban J connectivity index is 1.59. The van der Waals surface area contributed by atoms with E-state index in [1.165, 1.54) is 0 Å². The highest BCUT2D eigenvalue weighted by Crippen LogP contribution is 2.28. The zero-order chi connectivity index (χ0) is 20.5. The van der Waals surface area contributed by atoms with E-state index in [0.717, 1.165) is 31.0 Å². The van der Waals surface area contributed by atoms with Crippen molar-refractivity contribution in [1.82, 2.24) is 24.8 Å². The number of carbonyl (C=O) groups excluding carboxylic acids is 1. The van der Waals surface area contributed by atoms with Crippen molar-refractivity contribution < 1.29 is 9.18 Å². The average Bonchev–Trinajstić information content (AvgIpc) is 3.12. The van der Waals surface area contributed by atoms with Gasteiger partial charge in [-0.2, -0.15) is 0 Å². The number of rotatable bonds is 4. The Bertz CT molecular complexity index is 1050. The number of halogens is 2. The van der Waals surface area contributed by atoms with Crippen LogP contribution in [0.1, 0.15) is 26.7 Å². The van der Waals surface area contributed by atoms with E-state index in [2.05, 4.69) is 25.3 Å². The van der Waals surface area contributed by atoms with Crippen molar-refractivity contribution in [2.45, 2.75) is 32.7 Å². The van der Waals surface area contributed by atoms with Crippen molar-refractivity contribution >= 4 is 34.4 Å². The van der Waals surface area contributed by atoms with Crippen molar-refractivity contribution in [1.29, 1.82) is 0 Å². The molecule has 2 N–H and O–H groups in total. The van der Waals surface area contributed by atoms with E-state index in [1.54, 1.807) is 18.5 Å². The molecule has 0 radical (unpaired) electrons. The third-order valence-electron chi connectivity index (χ3n) is 5.05. The third kappa shape index (κ3) is 4.03. The second-order valence-corrected chi connectivity index (χ2v) is 8.00. The summed E-state index contributed by atoms with van der Waals surface area (Å²) in [4.78, 5) is 30.0. The molecular formula is C20H22ClFN6O. The minimum absolute atomic E-state index is 0.0570. The summed E-state index contributed by atoms with van der Waals surface area (Å²) in [6.45, 7) is 5.04. The molecule has 1 atom stereocenters. The van der Waals surface area contributed by atoms with Gasteiger partial charge in [0.05, 0.1) is 11.2 Å². The summed E-state index contributed by atoms with van der Waals surface area (Å²) < 4.78 is 14.4. The molecule has 0 aromatic carbocycles. The first-order chi connectivity index (χ1) is 13.9. The van der Waals surface area contributed by atoms with Gasteiger partial charge in [0.2, 0.25) is 5.91 Å².